The summed E-state index contributed by atoms with van der Waals surface area (Å²) in [6.45, 7) is 4.40. The number of hydrogen-bond acceptors (Lipinski definition) is 2. The lowest BCUT2D eigenvalue weighted by Crippen LogP contribution is -2.47. The maximum absolute atomic E-state index is 15.0. The zero-order chi connectivity index (χ0) is 17.1. The molecule has 0 aromatic rings. The van der Waals surface area contributed by atoms with E-state index in [1.54, 1.807) is 12.2 Å². The largest absolute Gasteiger partial charge is 0.295 e. The van der Waals surface area contributed by atoms with Gasteiger partial charge in [0.25, 0.3) is 0 Å². The molecule has 0 spiro atoms. The van der Waals surface area contributed by atoms with Crippen molar-refractivity contribution in [2.24, 2.45) is 28.6 Å². The number of carbonyl (C=O) groups is 1. The van der Waals surface area contributed by atoms with Gasteiger partial charge in [-0.3, -0.25) is 4.79 Å². The Bertz CT molecular complexity index is 699. The fraction of sp³-hybridized carbons (Fsp3) is 0.667. The van der Waals surface area contributed by atoms with E-state index < -0.39 is 6.17 Å². The van der Waals surface area contributed by atoms with Crippen LogP contribution in [0.4, 0.5) is 4.39 Å². The molecule has 0 saturated heterocycles. The summed E-state index contributed by atoms with van der Waals surface area (Å²) in [6, 6.07) is 0. The maximum Gasteiger partial charge on any atom is 0.155 e. The standard InChI is InChI=1S/C21H25FO2/c1-20-9-6-17-15(16(20)4-3-13(20)7-10-23)12-19(22)18-11-14(24)5-8-21(17,18)2/h6-7,11,13,15-16,19H,3-5,8-9,12H2,1-2H3/t13-,15-,16-,19-,20+,21+/m0/s1. The molecular weight excluding hydrogens is 303 g/mol. The molecule has 2 fully saturated rings. The summed E-state index contributed by atoms with van der Waals surface area (Å²) in [5.41, 5.74) is 1.85. The number of halogens is 1. The molecule has 0 aromatic heterocycles. The van der Waals surface area contributed by atoms with E-state index in [0.717, 1.165) is 25.7 Å². The molecule has 0 N–H and O–H groups in total. The molecule has 4 rings (SSSR count). The van der Waals surface area contributed by atoms with Crippen molar-refractivity contribution in [3.05, 3.63) is 29.4 Å². The van der Waals surface area contributed by atoms with Gasteiger partial charge in [-0.1, -0.05) is 25.5 Å². The number of alkyl halides is 1. The molecule has 2 nitrogen and oxygen atoms in total. The van der Waals surface area contributed by atoms with Crippen LogP contribution in [0.1, 0.15) is 52.4 Å². The van der Waals surface area contributed by atoms with Crippen LogP contribution in [-0.4, -0.2) is 17.9 Å². The van der Waals surface area contributed by atoms with Crippen LogP contribution in [0.25, 0.3) is 0 Å². The van der Waals surface area contributed by atoms with Crippen LogP contribution in [-0.2, 0) is 9.59 Å². The van der Waals surface area contributed by atoms with Gasteiger partial charge in [0.05, 0.1) is 0 Å². The first-order valence-electron chi connectivity index (χ1n) is 9.20. The zero-order valence-electron chi connectivity index (χ0n) is 14.5. The number of hydrogen-bond donors (Lipinski definition) is 0. The molecule has 6 atom stereocenters. The monoisotopic (exact) mass is 328 g/mol. The van der Waals surface area contributed by atoms with E-state index >= 15 is 4.39 Å². The molecule has 0 aromatic carbocycles. The van der Waals surface area contributed by atoms with E-state index in [9.17, 15) is 9.59 Å². The summed E-state index contributed by atoms with van der Waals surface area (Å²) in [7, 11) is 0. The van der Waals surface area contributed by atoms with E-state index in [2.05, 4.69) is 19.9 Å². The number of rotatable bonds is 1. The van der Waals surface area contributed by atoms with Gasteiger partial charge in [-0.15, -0.1) is 0 Å². The summed E-state index contributed by atoms with van der Waals surface area (Å²) in [5, 5.41) is 0. The number of ketones is 1. The number of carbonyl (C=O) groups excluding carboxylic acids is 2. The molecule has 0 unspecified atom stereocenters. The molecule has 24 heavy (non-hydrogen) atoms. The molecule has 4 aliphatic rings. The highest BCUT2D eigenvalue weighted by Gasteiger charge is 2.57. The minimum atomic E-state index is -1.01. The van der Waals surface area contributed by atoms with Crippen LogP contribution < -0.4 is 0 Å². The first-order valence-corrected chi connectivity index (χ1v) is 9.20. The Hall–Kier alpha value is -1.47. The molecule has 0 radical (unpaired) electrons. The second kappa shape index (κ2) is 5.26. The Balaban J connectivity index is 1.78. The normalized spacial score (nSPS) is 46.9. The van der Waals surface area contributed by atoms with Crippen LogP contribution >= 0.6 is 0 Å². The summed E-state index contributed by atoms with van der Waals surface area (Å²) in [4.78, 5) is 22.7. The van der Waals surface area contributed by atoms with Gasteiger partial charge in [0.2, 0.25) is 0 Å². The molecule has 0 heterocycles. The van der Waals surface area contributed by atoms with Crippen molar-refractivity contribution in [3.63, 3.8) is 0 Å². The van der Waals surface area contributed by atoms with Gasteiger partial charge in [0.1, 0.15) is 12.1 Å². The van der Waals surface area contributed by atoms with Gasteiger partial charge in [-0.2, -0.15) is 0 Å². The van der Waals surface area contributed by atoms with Gasteiger partial charge in [-0.25, -0.2) is 9.18 Å². The molecule has 4 aliphatic carbocycles. The van der Waals surface area contributed by atoms with Crippen molar-refractivity contribution in [2.45, 2.75) is 58.5 Å². The first kappa shape index (κ1) is 16.0. The Morgan fingerprint density at radius 3 is 2.83 bits per heavy atom. The average molecular weight is 328 g/mol. The predicted molar refractivity (Wildman–Crippen MR) is 90.7 cm³/mol. The SMILES string of the molecule is C[C@]12CCC(=O)C=C1[C@@H](F)C[C@@H]1C2=CC[C@]2(C)[C@H](C=C=O)CC[C@@H]12. The van der Waals surface area contributed by atoms with Gasteiger partial charge in [-0.05, 0) is 66.9 Å². The van der Waals surface area contributed by atoms with Crippen molar-refractivity contribution in [1.29, 1.82) is 0 Å². The Morgan fingerprint density at radius 2 is 2.08 bits per heavy atom. The lowest BCUT2D eigenvalue weighted by Gasteiger charge is -2.54. The zero-order valence-corrected chi connectivity index (χ0v) is 14.5. The lowest BCUT2D eigenvalue weighted by atomic mass is 9.51. The van der Waals surface area contributed by atoms with E-state index in [0.29, 0.717) is 24.3 Å². The minimum Gasteiger partial charge on any atom is -0.295 e. The van der Waals surface area contributed by atoms with Crippen LogP contribution in [0.5, 0.6) is 0 Å². The lowest BCUT2D eigenvalue weighted by molar-refractivity contribution is -0.115. The van der Waals surface area contributed by atoms with E-state index in [-0.39, 0.29) is 28.4 Å². The Labute approximate surface area is 142 Å². The quantitative estimate of drug-likeness (QED) is 0.528. The van der Waals surface area contributed by atoms with Gasteiger partial charge in [0.15, 0.2) is 5.78 Å². The van der Waals surface area contributed by atoms with Gasteiger partial charge < -0.3 is 0 Å². The summed E-state index contributed by atoms with van der Waals surface area (Å²) >= 11 is 0. The number of allylic oxidation sites excluding steroid dienone is 5. The Morgan fingerprint density at radius 1 is 1.29 bits per heavy atom. The van der Waals surface area contributed by atoms with Crippen LogP contribution in [0, 0.1) is 28.6 Å². The molecule has 0 amide bonds. The molecule has 2 saturated carbocycles. The second-order valence-electron chi connectivity index (χ2n) is 8.65. The molecule has 3 heteroatoms. The van der Waals surface area contributed by atoms with E-state index in [4.69, 9.17) is 0 Å². The van der Waals surface area contributed by atoms with Gasteiger partial charge >= 0.3 is 0 Å². The van der Waals surface area contributed by atoms with Crippen molar-refractivity contribution >= 4 is 11.7 Å². The predicted octanol–water partition coefficient (Wildman–Crippen LogP) is 4.39. The topological polar surface area (TPSA) is 34.1 Å². The van der Waals surface area contributed by atoms with Crippen LogP contribution in [0.3, 0.4) is 0 Å². The molecule has 0 aliphatic heterocycles. The smallest absolute Gasteiger partial charge is 0.155 e. The fourth-order valence-electron chi connectivity index (χ4n) is 6.26. The maximum atomic E-state index is 15.0. The van der Waals surface area contributed by atoms with Crippen molar-refractivity contribution in [2.75, 3.05) is 0 Å². The molecular formula is C21H25FO2. The summed E-state index contributed by atoms with van der Waals surface area (Å²) in [5.74, 6) is 3.00. The summed E-state index contributed by atoms with van der Waals surface area (Å²) in [6.07, 6.45) is 9.37. The third kappa shape index (κ3) is 2.00. The first-order chi connectivity index (χ1) is 11.4. The van der Waals surface area contributed by atoms with E-state index in [1.165, 1.54) is 5.57 Å². The van der Waals surface area contributed by atoms with Crippen LogP contribution in [0.2, 0.25) is 0 Å². The van der Waals surface area contributed by atoms with E-state index in [1.807, 2.05) is 5.94 Å². The minimum absolute atomic E-state index is 0.0490. The van der Waals surface area contributed by atoms with Crippen molar-refractivity contribution in [3.8, 4) is 0 Å². The number of fused-ring (bicyclic) bond motifs is 5. The molecule has 128 valence electrons. The fourth-order valence-corrected chi connectivity index (χ4v) is 6.26. The summed E-state index contributed by atoms with van der Waals surface area (Å²) < 4.78 is 15.0. The second-order valence-corrected chi connectivity index (χ2v) is 8.65. The third-order valence-electron chi connectivity index (χ3n) is 7.66. The van der Waals surface area contributed by atoms with Crippen LogP contribution in [0.15, 0.2) is 29.4 Å². The highest BCUT2D eigenvalue weighted by atomic mass is 19.1. The van der Waals surface area contributed by atoms with Gasteiger partial charge in [0, 0.05) is 17.9 Å². The molecule has 0 bridgehead atoms. The highest BCUT2D eigenvalue weighted by Crippen LogP contribution is 2.64. The van der Waals surface area contributed by atoms with Crippen molar-refractivity contribution in [1.82, 2.24) is 0 Å². The third-order valence-corrected chi connectivity index (χ3v) is 7.66. The Kier molecular flexibility index (Phi) is 3.51. The average Bonchev–Trinajstić information content (AvgIpc) is 2.87. The van der Waals surface area contributed by atoms with Crippen molar-refractivity contribution < 1.29 is 14.0 Å². The highest BCUT2D eigenvalue weighted by molar-refractivity contribution is 5.92.